The molecule has 0 amide bonds. The van der Waals surface area contributed by atoms with Gasteiger partial charge in [0.05, 0.1) is 22.1 Å². The standard InChI is InChI=1S/C18H15ClN4O2/c1-11-17(21-20-13-7-4-3-5-8-13)12(2)23(22-11)18(25)16-14(19)9-6-10-15(16)24/h3-10,24H,1-2H3. The van der Waals surface area contributed by atoms with Crippen LogP contribution in [0.4, 0.5) is 11.4 Å². The van der Waals surface area contributed by atoms with E-state index in [2.05, 4.69) is 15.3 Å². The molecule has 0 saturated heterocycles. The van der Waals surface area contributed by atoms with E-state index in [0.717, 1.165) is 0 Å². The van der Waals surface area contributed by atoms with Crippen LogP contribution in [-0.4, -0.2) is 20.8 Å². The van der Waals surface area contributed by atoms with E-state index in [4.69, 9.17) is 11.6 Å². The monoisotopic (exact) mass is 354 g/mol. The summed E-state index contributed by atoms with van der Waals surface area (Å²) in [6.07, 6.45) is 0. The number of aryl methyl sites for hydroxylation is 1. The summed E-state index contributed by atoms with van der Waals surface area (Å²) in [7, 11) is 0. The first-order chi connectivity index (χ1) is 12.0. The number of rotatable bonds is 3. The second-order valence-corrected chi connectivity index (χ2v) is 5.81. The molecule has 1 heterocycles. The Kier molecular flexibility index (Phi) is 4.63. The lowest BCUT2D eigenvalue weighted by atomic mass is 10.2. The fraction of sp³-hybridized carbons (Fsp3) is 0.111. The Morgan fingerprint density at radius 2 is 1.80 bits per heavy atom. The predicted octanol–water partition coefficient (Wildman–Crippen LogP) is 4.96. The van der Waals surface area contributed by atoms with Crippen molar-refractivity contribution in [2.75, 3.05) is 0 Å². The van der Waals surface area contributed by atoms with Crippen molar-refractivity contribution in [2.45, 2.75) is 13.8 Å². The van der Waals surface area contributed by atoms with Crippen LogP contribution in [-0.2, 0) is 0 Å². The predicted molar refractivity (Wildman–Crippen MR) is 95.2 cm³/mol. The van der Waals surface area contributed by atoms with Gasteiger partial charge in [-0.25, -0.2) is 0 Å². The molecule has 0 saturated carbocycles. The van der Waals surface area contributed by atoms with E-state index in [9.17, 15) is 9.90 Å². The molecule has 0 aliphatic carbocycles. The summed E-state index contributed by atoms with van der Waals surface area (Å²) >= 11 is 6.05. The highest BCUT2D eigenvalue weighted by Crippen LogP contribution is 2.30. The molecule has 7 heteroatoms. The van der Waals surface area contributed by atoms with E-state index in [1.807, 2.05) is 30.3 Å². The van der Waals surface area contributed by atoms with Gasteiger partial charge in [-0.3, -0.25) is 4.79 Å². The fourth-order valence-corrected chi connectivity index (χ4v) is 2.66. The van der Waals surface area contributed by atoms with Crippen LogP contribution in [0.25, 0.3) is 0 Å². The zero-order valence-corrected chi connectivity index (χ0v) is 14.4. The number of carbonyl (C=O) groups is 1. The van der Waals surface area contributed by atoms with Gasteiger partial charge in [0.2, 0.25) is 0 Å². The van der Waals surface area contributed by atoms with Gasteiger partial charge in [-0.05, 0) is 38.1 Å². The van der Waals surface area contributed by atoms with Gasteiger partial charge in [0.25, 0.3) is 5.91 Å². The summed E-state index contributed by atoms with van der Waals surface area (Å²) in [6, 6.07) is 13.8. The van der Waals surface area contributed by atoms with Crippen LogP contribution in [0.5, 0.6) is 5.75 Å². The molecule has 1 N–H and O–H groups in total. The molecule has 0 radical (unpaired) electrons. The maximum absolute atomic E-state index is 12.7. The van der Waals surface area contributed by atoms with Gasteiger partial charge in [0.15, 0.2) is 0 Å². The summed E-state index contributed by atoms with van der Waals surface area (Å²) in [5.74, 6) is -0.720. The van der Waals surface area contributed by atoms with Crippen LogP contribution in [0.2, 0.25) is 5.02 Å². The molecular weight excluding hydrogens is 340 g/mol. The van der Waals surface area contributed by atoms with Gasteiger partial charge in [-0.1, -0.05) is 35.9 Å². The number of benzene rings is 2. The number of phenolic OH excluding ortho intramolecular Hbond substituents is 1. The van der Waals surface area contributed by atoms with E-state index in [0.29, 0.717) is 22.8 Å². The topological polar surface area (TPSA) is 79.8 Å². The third kappa shape index (κ3) is 3.29. The maximum Gasteiger partial charge on any atom is 0.283 e. The van der Waals surface area contributed by atoms with Crippen LogP contribution in [0, 0.1) is 13.8 Å². The maximum atomic E-state index is 12.7. The fourth-order valence-electron chi connectivity index (χ4n) is 2.41. The average molecular weight is 355 g/mol. The van der Waals surface area contributed by atoms with Crippen molar-refractivity contribution < 1.29 is 9.90 Å². The summed E-state index contributed by atoms with van der Waals surface area (Å²) in [4.78, 5) is 12.7. The molecule has 2 aromatic carbocycles. The summed E-state index contributed by atoms with van der Waals surface area (Å²) in [5, 5.41) is 22.7. The summed E-state index contributed by atoms with van der Waals surface area (Å²) in [5.41, 5.74) is 2.27. The number of carbonyl (C=O) groups excluding carboxylic acids is 1. The van der Waals surface area contributed by atoms with Crippen LogP contribution < -0.4 is 0 Å². The Morgan fingerprint density at radius 3 is 2.48 bits per heavy atom. The van der Waals surface area contributed by atoms with Gasteiger partial charge >= 0.3 is 0 Å². The minimum atomic E-state index is -0.523. The van der Waals surface area contributed by atoms with Crippen molar-refractivity contribution in [1.29, 1.82) is 0 Å². The van der Waals surface area contributed by atoms with E-state index in [-0.39, 0.29) is 16.3 Å². The molecule has 0 fully saturated rings. The molecule has 0 bridgehead atoms. The largest absolute Gasteiger partial charge is 0.507 e. The molecule has 3 rings (SSSR count). The first-order valence-corrected chi connectivity index (χ1v) is 7.92. The van der Waals surface area contributed by atoms with Crippen molar-refractivity contribution in [2.24, 2.45) is 10.2 Å². The molecular formula is C18H15ClN4O2. The second kappa shape index (κ2) is 6.86. The number of nitrogens with zero attached hydrogens (tertiary/aromatic N) is 4. The Hall–Kier alpha value is -2.99. The number of phenols is 1. The highest BCUT2D eigenvalue weighted by atomic mass is 35.5. The number of azo groups is 1. The van der Waals surface area contributed by atoms with E-state index < -0.39 is 5.91 Å². The first kappa shape index (κ1) is 16.9. The minimum Gasteiger partial charge on any atom is -0.507 e. The lowest BCUT2D eigenvalue weighted by molar-refractivity contribution is 0.0940. The van der Waals surface area contributed by atoms with Gasteiger partial charge in [0, 0.05) is 0 Å². The highest BCUT2D eigenvalue weighted by Gasteiger charge is 2.22. The third-order valence-corrected chi connectivity index (χ3v) is 3.99. The molecule has 0 unspecified atom stereocenters. The Balaban J connectivity index is 2.00. The lowest BCUT2D eigenvalue weighted by Crippen LogP contribution is -2.16. The number of aromatic hydroxyl groups is 1. The van der Waals surface area contributed by atoms with Crippen molar-refractivity contribution in [3.05, 3.63) is 70.5 Å². The summed E-state index contributed by atoms with van der Waals surface area (Å²) < 4.78 is 1.18. The molecule has 3 aromatic rings. The normalized spacial score (nSPS) is 11.2. The number of hydrogen-bond donors (Lipinski definition) is 1. The van der Waals surface area contributed by atoms with Gasteiger partial charge in [-0.2, -0.15) is 14.9 Å². The molecule has 0 atom stereocenters. The van der Waals surface area contributed by atoms with Crippen molar-refractivity contribution in [1.82, 2.24) is 9.78 Å². The first-order valence-electron chi connectivity index (χ1n) is 7.54. The molecule has 0 spiro atoms. The van der Waals surface area contributed by atoms with Gasteiger partial charge in [-0.15, -0.1) is 5.11 Å². The molecule has 0 aliphatic rings. The van der Waals surface area contributed by atoms with Crippen molar-refractivity contribution >= 4 is 28.9 Å². The second-order valence-electron chi connectivity index (χ2n) is 5.41. The summed E-state index contributed by atoms with van der Waals surface area (Å²) in [6.45, 7) is 3.45. The Labute approximate surface area is 149 Å². The highest BCUT2D eigenvalue weighted by molar-refractivity contribution is 6.34. The lowest BCUT2D eigenvalue weighted by Gasteiger charge is -2.07. The number of halogens is 1. The van der Waals surface area contributed by atoms with Crippen LogP contribution in [0.3, 0.4) is 0 Å². The van der Waals surface area contributed by atoms with Gasteiger partial charge < -0.3 is 5.11 Å². The quantitative estimate of drug-likeness (QED) is 0.675. The zero-order valence-electron chi connectivity index (χ0n) is 13.6. The molecule has 6 nitrogen and oxygen atoms in total. The molecule has 126 valence electrons. The third-order valence-electron chi connectivity index (χ3n) is 3.67. The molecule has 25 heavy (non-hydrogen) atoms. The SMILES string of the molecule is Cc1nn(C(=O)c2c(O)cccc2Cl)c(C)c1N=Nc1ccccc1. The Bertz CT molecular complexity index is 944. The van der Waals surface area contributed by atoms with Crippen molar-refractivity contribution in [3.8, 4) is 5.75 Å². The van der Waals surface area contributed by atoms with Crippen LogP contribution in [0.15, 0.2) is 58.8 Å². The molecule has 1 aromatic heterocycles. The van der Waals surface area contributed by atoms with E-state index in [1.165, 1.54) is 16.8 Å². The zero-order chi connectivity index (χ0) is 18.0. The number of aromatic nitrogens is 2. The minimum absolute atomic E-state index is 0.00122. The van der Waals surface area contributed by atoms with Crippen LogP contribution in [0.1, 0.15) is 21.7 Å². The van der Waals surface area contributed by atoms with Crippen LogP contribution >= 0.6 is 11.6 Å². The van der Waals surface area contributed by atoms with Gasteiger partial charge in [0.1, 0.15) is 17.0 Å². The molecule has 0 aliphatic heterocycles. The van der Waals surface area contributed by atoms with E-state index >= 15 is 0 Å². The average Bonchev–Trinajstić information content (AvgIpc) is 2.88. The van der Waals surface area contributed by atoms with Crippen molar-refractivity contribution in [3.63, 3.8) is 0 Å². The Morgan fingerprint density at radius 1 is 1.08 bits per heavy atom. The van der Waals surface area contributed by atoms with E-state index in [1.54, 1.807) is 19.9 Å². The number of hydrogen-bond acceptors (Lipinski definition) is 5. The smallest absolute Gasteiger partial charge is 0.283 e.